The Labute approximate surface area is 148 Å². The Morgan fingerprint density at radius 3 is 2.52 bits per heavy atom. The SMILES string of the molecule is CN1C(=O)SC(c2cccc3c2ccn3Cc2ccc(O)cc2)C1=O. The highest BCUT2D eigenvalue weighted by Gasteiger charge is 2.38. The second-order valence-corrected chi connectivity index (χ2v) is 7.11. The van der Waals surface area contributed by atoms with Crippen LogP contribution in [0.15, 0.2) is 54.7 Å². The summed E-state index contributed by atoms with van der Waals surface area (Å²) in [5.41, 5.74) is 2.96. The number of nitrogens with zero attached hydrogens (tertiary/aromatic N) is 2. The molecule has 1 aliphatic rings. The molecule has 0 saturated carbocycles. The molecule has 1 fully saturated rings. The van der Waals surface area contributed by atoms with Gasteiger partial charge in [0.15, 0.2) is 0 Å². The second-order valence-electron chi connectivity index (χ2n) is 6.05. The van der Waals surface area contributed by atoms with E-state index in [1.165, 1.54) is 11.9 Å². The zero-order valence-electron chi connectivity index (χ0n) is 13.5. The van der Waals surface area contributed by atoms with Crippen LogP contribution in [-0.2, 0) is 11.3 Å². The van der Waals surface area contributed by atoms with Crippen LogP contribution in [0.4, 0.5) is 4.79 Å². The van der Waals surface area contributed by atoms with Crippen LogP contribution < -0.4 is 0 Å². The van der Waals surface area contributed by atoms with Gasteiger partial charge in [0.1, 0.15) is 11.0 Å². The van der Waals surface area contributed by atoms with E-state index in [9.17, 15) is 14.7 Å². The molecule has 2 amide bonds. The first kappa shape index (κ1) is 15.8. The van der Waals surface area contributed by atoms with E-state index in [0.717, 1.165) is 33.8 Å². The highest BCUT2D eigenvalue weighted by Crippen LogP contribution is 2.41. The number of aromatic nitrogens is 1. The summed E-state index contributed by atoms with van der Waals surface area (Å²) in [6, 6.07) is 14.9. The van der Waals surface area contributed by atoms with Crippen molar-refractivity contribution in [2.24, 2.45) is 0 Å². The molecule has 2 heterocycles. The molecule has 5 nitrogen and oxygen atoms in total. The summed E-state index contributed by atoms with van der Waals surface area (Å²) in [7, 11) is 1.52. The van der Waals surface area contributed by atoms with Gasteiger partial charge in [-0.1, -0.05) is 24.3 Å². The van der Waals surface area contributed by atoms with E-state index in [2.05, 4.69) is 4.57 Å². The van der Waals surface area contributed by atoms with Gasteiger partial charge in [0.05, 0.1) is 0 Å². The van der Waals surface area contributed by atoms with E-state index in [1.54, 1.807) is 12.1 Å². The predicted octanol–water partition coefficient (Wildman–Crippen LogP) is 3.76. The van der Waals surface area contributed by atoms with Crippen molar-refractivity contribution >= 4 is 33.8 Å². The maximum atomic E-state index is 12.3. The molecule has 1 atom stereocenters. The number of carbonyl (C=O) groups is 2. The van der Waals surface area contributed by atoms with E-state index in [-0.39, 0.29) is 16.9 Å². The molecule has 0 bridgehead atoms. The van der Waals surface area contributed by atoms with Crippen molar-refractivity contribution in [3.63, 3.8) is 0 Å². The highest BCUT2D eigenvalue weighted by molar-refractivity contribution is 8.15. The average molecular weight is 352 g/mol. The summed E-state index contributed by atoms with van der Waals surface area (Å²) >= 11 is 1.06. The molecule has 1 saturated heterocycles. The van der Waals surface area contributed by atoms with Crippen LogP contribution in [-0.4, -0.2) is 32.8 Å². The Kier molecular flexibility index (Phi) is 3.77. The average Bonchev–Trinajstić information content (AvgIpc) is 3.13. The Morgan fingerprint density at radius 1 is 1.08 bits per heavy atom. The van der Waals surface area contributed by atoms with Gasteiger partial charge in [-0.05, 0) is 47.2 Å². The molecule has 1 aliphatic heterocycles. The maximum absolute atomic E-state index is 12.3. The number of likely N-dealkylation sites (N-methyl/N-ethyl adjacent to an activating group) is 1. The normalized spacial score (nSPS) is 17.6. The monoisotopic (exact) mass is 352 g/mol. The number of amides is 2. The number of aromatic hydroxyl groups is 1. The summed E-state index contributed by atoms with van der Waals surface area (Å²) in [4.78, 5) is 25.3. The summed E-state index contributed by atoms with van der Waals surface area (Å²) < 4.78 is 2.10. The molecular formula is C19H16N2O3S. The quantitative estimate of drug-likeness (QED) is 0.779. The van der Waals surface area contributed by atoms with E-state index >= 15 is 0 Å². The molecule has 0 radical (unpaired) electrons. The standard InChI is InChI=1S/C19H16N2O3S/c1-20-18(23)17(25-19(20)24)15-3-2-4-16-14(15)9-10-21(16)11-12-5-7-13(22)8-6-12/h2-10,17,22H,11H2,1H3. The third-order valence-electron chi connectivity index (χ3n) is 4.47. The number of benzene rings is 2. The Bertz CT molecular complexity index is 978. The molecule has 0 aliphatic carbocycles. The van der Waals surface area contributed by atoms with Gasteiger partial charge < -0.3 is 9.67 Å². The van der Waals surface area contributed by atoms with Gasteiger partial charge in [-0.25, -0.2) is 0 Å². The number of carbonyl (C=O) groups excluding carboxylic acids is 2. The van der Waals surface area contributed by atoms with E-state index in [0.29, 0.717) is 6.54 Å². The van der Waals surface area contributed by atoms with Crippen molar-refractivity contribution in [1.29, 1.82) is 0 Å². The summed E-state index contributed by atoms with van der Waals surface area (Å²) in [5, 5.41) is 9.70. The molecule has 126 valence electrons. The molecule has 2 aromatic carbocycles. The molecule has 1 aromatic heterocycles. The Morgan fingerprint density at radius 2 is 1.84 bits per heavy atom. The van der Waals surface area contributed by atoms with Gasteiger partial charge in [-0.3, -0.25) is 14.5 Å². The maximum Gasteiger partial charge on any atom is 0.289 e. The Balaban J connectivity index is 1.72. The number of hydrogen-bond donors (Lipinski definition) is 1. The van der Waals surface area contributed by atoms with Crippen molar-refractivity contribution in [3.8, 4) is 5.75 Å². The number of rotatable bonds is 3. The van der Waals surface area contributed by atoms with Crippen LogP contribution in [0.5, 0.6) is 5.75 Å². The topological polar surface area (TPSA) is 62.5 Å². The van der Waals surface area contributed by atoms with Crippen LogP contribution in [0.25, 0.3) is 10.9 Å². The molecule has 3 aromatic rings. The van der Waals surface area contributed by atoms with Gasteiger partial charge in [-0.15, -0.1) is 0 Å². The highest BCUT2D eigenvalue weighted by atomic mass is 32.2. The smallest absolute Gasteiger partial charge is 0.289 e. The fourth-order valence-corrected chi connectivity index (χ4v) is 4.15. The predicted molar refractivity (Wildman–Crippen MR) is 97.6 cm³/mol. The van der Waals surface area contributed by atoms with E-state index < -0.39 is 5.25 Å². The number of imide groups is 1. The molecule has 1 unspecified atom stereocenters. The lowest BCUT2D eigenvalue weighted by atomic mass is 10.1. The lowest BCUT2D eigenvalue weighted by Gasteiger charge is -2.11. The van der Waals surface area contributed by atoms with Crippen LogP contribution in [0.1, 0.15) is 16.4 Å². The number of thioether (sulfide) groups is 1. The summed E-state index contributed by atoms with van der Waals surface area (Å²) in [6.07, 6.45) is 1.98. The van der Waals surface area contributed by atoms with Crippen LogP contribution >= 0.6 is 11.8 Å². The van der Waals surface area contributed by atoms with Crippen LogP contribution in [0.2, 0.25) is 0 Å². The molecule has 4 rings (SSSR count). The van der Waals surface area contributed by atoms with Crippen LogP contribution in [0.3, 0.4) is 0 Å². The third kappa shape index (κ3) is 2.68. The van der Waals surface area contributed by atoms with Gasteiger partial charge >= 0.3 is 0 Å². The molecule has 0 spiro atoms. The van der Waals surface area contributed by atoms with Crippen molar-refractivity contribution in [1.82, 2.24) is 9.47 Å². The first-order valence-electron chi connectivity index (χ1n) is 7.88. The zero-order valence-corrected chi connectivity index (χ0v) is 14.4. The summed E-state index contributed by atoms with van der Waals surface area (Å²) in [5.74, 6) is 0.0720. The molecule has 25 heavy (non-hydrogen) atoms. The molecule has 1 N–H and O–H groups in total. The van der Waals surface area contributed by atoms with Crippen molar-refractivity contribution < 1.29 is 14.7 Å². The lowest BCUT2D eigenvalue weighted by molar-refractivity contribution is -0.125. The Hall–Kier alpha value is -2.73. The number of phenolic OH excluding ortho intramolecular Hbond substituents is 1. The van der Waals surface area contributed by atoms with Crippen molar-refractivity contribution in [2.45, 2.75) is 11.8 Å². The van der Waals surface area contributed by atoms with Crippen molar-refractivity contribution in [3.05, 3.63) is 65.9 Å². The number of phenols is 1. The first-order valence-corrected chi connectivity index (χ1v) is 8.76. The largest absolute Gasteiger partial charge is 0.508 e. The van der Waals surface area contributed by atoms with Gasteiger partial charge in [0.25, 0.3) is 5.24 Å². The summed E-state index contributed by atoms with van der Waals surface area (Å²) in [6.45, 7) is 0.665. The fraction of sp³-hybridized carbons (Fsp3) is 0.158. The fourth-order valence-electron chi connectivity index (χ4n) is 3.10. The first-order chi connectivity index (χ1) is 12.0. The van der Waals surface area contributed by atoms with Gasteiger partial charge in [0.2, 0.25) is 5.91 Å². The minimum atomic E-state index is -0.481. The van der Waals surface area contributed by atoms with E-state index in [4.69, 9.17) is 0 Å². The third-order valence-corrected chi connectivity index (χ3v) is 5.63. The minimum Gasteiger partial charge on any atom is -0.508 e. The molecule has 6 heteroatoms. The molecular weight excluding hydrogens is 336 g/mol. The lowest BCUT2D eigenvalue weighted by Crippen LogP contribution is -2.24. The van der Waals surface area contributed by atoms with Gasteiger partial charge in [-0.2, -0.15) is 0 Å². The number of hydrogen-bond acceptors (Lipinski definition) is 4. The van der Waals surface area contributed by atoms with Gasteiger partial charge in [0, 0.05) is 30.7 Å². The van der Waals surface area contributed by atoms with Crippen LogP contribution in [0, 0.1) is 0 Å². The second kappa shape index (κ2) is 5.97. The minimum absolute atomic E-state index is 0.172. The number of fused-ring (bicyclic) bond motifs is 1. The van der Waals surface area contributed by atoms with Crippen molar-refractivity contribution in [2.75, 3.05) is 7.05 Å². The van der Waals surface area contributed by atoms with E-state index in [1.807, 2.05) is 42.6 Å². The zero-order chi connectivity index (χ0) is 17.6.